The molecule has 0 aliphatic heterocycles. The topological polar surface area (TPSA) is 12.0 Å². The Morgan fingerprint density at radius 3 is 2.09 bits per heavy atom. The minimum atomic E-state index is -4.35. The Morgan fingerprint density at radius 2 is 1.42 bits per heavy atom. The van der Waals surface area contributed by atoms with Crippen molar-refractivity contribution < 1.29 is 13.2 Å². The van der Waals surface area contributed by atoms with Crippen molar-refractivity contribution in [3.8, 4) is 11.1 Å². The third-order valence-corrected chi connectivity index (χ3v) is 5.99. The second-order valence-electron chi connectivity index (χ2n) is 8.03. The molecule has 1 N–H and O–H groups in total. The molecule has 0 aromatic heterocycles. The van der Waals surface area contributed by atoms with Gasteiger partial charge in [0.1, 0.15) is 0 Å². The molecule has 4 rings (SSSR count). The van der Waals surface area contributed by atoms with Crippen molar-refractivity contribution in [3.05, 3.63) is 107 Å². The summed E-state index contributed by atoms with van der Waals surface area (Å²) in [6.07, 6.45) is -4.35. The molecule has 0 saturated heterocycles. The second-order valence-corrected chi connectivity index (χ2v) is 8.47. The van der Waals surface area contributed by atoms with E-state index in [4.69, 9.17) is 11.6 Å². The van der Waals surface area contributed by atoms with Gasteiger partial charge >= 0.3 is 6.18 Å². The molecule has 0 fully saturated rings. The molecule has 0 bridgehead atoms. The summed E-state index contributed by atoms with van der Waals surface area (Å²) < 4.78 is 39.0. The molecule has 0 saturated carbocycles. The van der Waals surface area contributed by atoms with Gasteiger partial charge in [0.15, 0.2) is 0 Å². The van der Waals surface area contributed by atoms with Gasteiger partial charge in [-0.2, -0.15) is 13.2 Å². The van der Waals surface area contributed by atoms with Crippen LogP contribution in [0.25, 0.3) is 21.9 Å². The van der Waals surface area contributed by atoms with Gasteiger partial charge < -0.3 is 5.32 Å². The van der Waals surface area contributed by atoms with E-state index in [9.17, 15) is 13.2 Å². The zero-order valence-electron chi connectivity index (χ0n) is 18.2. The van der Waals surface area contributed by atoms with Crippen LogP contribution >= 0.6 is 24.0 Å². The Bertz CT molecular complexity index is 1240. The quantitative estimate of drug-likeness (QED) is 0.294. The highest BCUT2D eigenvalue weighted by atomic mass is 35.5. The summed E-state index contributed by atoms with van der Waals surface area (Å²) >= 11 is 6.14. The summed E-state index contributed by atoms with van der Waals surface area (Å²) in [5, 5.41) is 6.35. The van der Waals surface area contributed by atoms with Crippen molar-refractivity contribution in [1.29, 1.82) is 0 Å². The molecule has 0 aliphatic carbocycles. The maximum atomic E-state index is 13.0. The lowest BCUT2D eigenvalue weighted by Gasteiger charge is -2.22. The number of fused-ring (bicyclic) bond motifs is 1. The molecule has 4 aromatic rings. The number of halogens is 5. The van der Waals surface area contributed by atoms with Gasteiger partial charge in [-0.05, 0) is 83.3 Å². The molecule has 1 nitrogen and oxygen atoms in total. The molecule has 0 spiro atoms. The average Bonchev–Trinajstić information content (AvgIpc) is 2.77. The maximum Gasteiger partial charge on any atom is 0.416 e. The van der Waals surface area contributed by atoms with E-state index in [-0.39, 0.29) is 24.5 Å². The highest BCUT2D eigenvalue weighted by molar-refractivity contribution is 6.30. The summed E-state index contributed by atoms with van der Waals surface area (Å²) in [5.41, 5.74) is 3.18. The van der Waals surface area contributed by atoms with E-state index >= 15 is 0 Å². The zero-order valence-corrected chi connectivity index (χ0v) is 19.7. The number of rotatable bonds is 5. The van der Waals surface area contributed by atoms with Gasteiger partial charge in [-0.3, -0.25) is 0 Å². The van der Waals surface area contributed by atoms with Crippen LogP contribution in [0.2, 0.25) is 5.02 Å². The third-order valence-electron chi connectivity index (χ3n) is 5.76. The molecular formula is C27H24Cl2F3N. The second kappa shape index (κ2) is 10.2. The van der Waals surface area contributed by atoms with E-state index < -0.39 is 11.7 Å². The van der Waals surface area contributed by atoms with E-state index in [0.29, 0.717) is 5.02 Å². The van der Waals surface area contributed by atoms with E-state index in [0.717, 1.165) is 45.2 Å². The minimum Gasteiger partial charge on any atom is -0.304 e. The third kappa shape index (κ3) is 5.70. The summed E-state index contributed by atoms with van der Waals surface area (Å²) in [7, 11) is 0. The number of benzene rings is 4. The van der Waals surface area contributed by atoms with E-state index in [1.165, 1.54) is 0 Å². The summed E-state index contributed by atoms with van der Waals surface area (Å²) in [6.45, 7) is 4.17. The van der Waals surface area contributed by atoms with Gasteiger partial charge in [-0.1, -0.05) is 60.1 Å². The fourth-order valence-corrected chi connectivity index (χ4v) is 4.20. The zero-order chi connectivity index (χ0) is 22.9. The Balaban J connectivity index is 0.00000306. The van der Waals surface area contributed by atoms with Gasteiger partial charge in [0, 0.05) is 17.1 Å². The lowest BCUT2D eigenvalue weighted by atomic mass is 9.92. The predicted octanol–water partition coefficient (Wildman–Crippen LogP) is 9.01. The summed E-state index contributed by atoms with van der Waals surface area (Å²) in [4.78, 5) is 0. The molecule has 0 radical (unpaired) electrons. The number of hydrogen-bond acceptors (Lipinski definition) is 1. The van der Waals surface area contributed by atoms with E-state index in [2.05, 4.69) is 31.3 Å². The number of hydrogen-bond donors (Lipinski definition) is 1. The van der Waals surface area contributed by atoms with Crippen LogP contribution in [0.4, 0.5) is 13.2 Å². The first kappa shape index (κ1) is 25.1. The van der Waals surface area contributed by atoms with Crippen LogP contribution in [0.1, 0.15) is 42.6 Å². The van der Waals surface area contributed by atoms with Gasteiger partial charge in [0.25, 0.3) is 0 Å². The first-order valence-electron chi connectivity index (χ1n) is 10.4. The summed E-state index contributed by atoms with van der Waals surface area (Å²) in [6, 6.07) is 25.3. The number of nitrogens with one attached hydrogen (secondary N) is 1. The normalized spacial score (nSPS) is 13.4. The number of alkyl halides is 3. The van der Waals surface area contributed by atoms with E-state index in [1.54, 1.807) is 12.1 Å². The predicted molar refractivity (Wildman–Crippen MR) is 133 cm³/mol. The molecule has 0 amide bonds. The van der Waals surface area contributed by atoms with Gasteiger partial charge in [0.2, 0.25) is 0 Å². The molecular weight excluding hydrogens is 466 g/mol. The van der Waals surface area contributed by atoms with Crippen LogP contribution in [-0.2, 0) is 6.18 Å². The van der Waals surface area contributed by atoms with Crippen molar-refractivity contribution >= 4 is 34.8 Å². The van der Waals surface area contributed by atoms with Crippen LogP contribution in [0.3, 0.4) is 0 Å². The van der Waals surface area contributed by atoms with Crippen LogP contribution in [-0.4, -0.2) is 0 Å². The standard InChI is InChI=1S/C27H23ClF3N.ClH/c1-17(20-7-5-8-24(28)15-20)32-18(2)22-14-21-6-3-4-9-25(21)26(16-22)19-10-12-23(13-11-19)27(29,30)31;/h3-18,32H,1-2H3;1H/t17-,18?;/m1./s1. The van der Waals surface area contributed by atoms with Gasteiger partial charge in [0.05, 0.1) is 5.56 Å². The lowest BCUT2D eigenvalue weighted by Crippen LogP contribution is -2.22. The SMILES string of the molecule is CC(N[C@H](C)c1cccc(Cl)c1)c1cc(-c2ccc(C(F)(F)F)cc2)c2ccccc2c1.Cl. The fourth-order valence-electron chi connectivity index (χ4n) is 4.00. The lowest BCUT2D eigenvalue weighted by molar-refractivity contribution is -0.137. The van der Waals surface area contributed by atoms with Gasteiger partial charge in [-0.25, -0.2) is 0 Å². The van der Waals surface area contributed by atoms with E-state index in [1.807, 2.05) is 48.5 Å². The molecule has 172 valence electrons. The Morgan fingerprint density at radius 1 is 0.758 bits per heavy atom. The molecule has 6 heteroatoms. The van der Waals surface area contributed by atoms with Crippen molar-refractivity contribution in [3.63, 3.8) is 0 Å². The highest BCUT2D eigenvalue weighted by Gasteiger charge is 2.30. The van der Waals surface area contributed by atoms with Crippen molar-refractivity contribution in [1.82, 2.24) is 5.32 Å². The average molecular weight is 490 g/mol. The van der Waals surface area contributed by atoms with Crippen molar-refractivity contribution in [2.75, 3.05) is 0 Å². The monoisotopic (exact) mass is 489 g/mol. The van der Waals surface area contributed by atoms with Crippen LogP contribution in [0.15, 0.2) is 84.9 Å². The molecule has 33 heavy (non-hydrogen) atoms. The van der Waals surface area contributed by atoms with Crippen molar-refractivity contribution in [2.45, 2.75) is 32.1 Å². The first-order chi connectivity index (χ1) is 15.2. The first-order valence-corrected chi connectivity index (χ1v) is 10.8. The largest absolute Gasteiger partial charge is 0.416 e. The molecule has 0 heterocycles. The molecule has 4 aromatic carbocycles. The Hall–Kier alpha value is -2.53. The highest BCUT2D eigenvalue weighted by Crippen LogP contribution is 2.35. The molecule has 2 atom stereocenters. The Labute approximate surface area is 203 Å². The van der Waals surface area contributed by atoms with Crippen molar-refractivity contribution in [2.24, 2.45) is 0 Å². The Kier molecular flexibility index (Phi) is 7.73. The minimum absolute atomic E-state index is 0. The summed E-state index contributed by atoms with van der Waals surface area (Å²) in [5.74, 6) is 0. The van der Waals surface area contributed by atoms with Crippen LogP contribution in [0.5, 0.6) is 0 Å². The molecule has 1 unspecified atom stereocenters. The van der Waals surface area contributed by atoms with Crippen LogP contribution in [0, 0.1) is 0 Å². The van der Waals surface area contributed by atoms with Crippen LogP contribution < -0.4 is 5.32 Å². The van der Waals surface area contributed by atoms with Gasteiger partial charge in [-0.15, -0.1) is 12.4 Å². The smallest absolute Gasteiger partial charge is 0.304 e. The molecule has 0 aliphatic rings. The fraction of sp³-hybridized carbons (Fsp3) is 0.185. The maximum absolute atomic E-state index is 13.0.